The van der Waals surface area contributed by atoms with Gasteiger partial charge in [0.1, 0.15) is 11.9 Å². The summed E-state index contributed by atoms with van der Waals surface area (Å²) in [6.07, 6.45) is 1.70. The fraction of sp³-hybridized carbons (Fsp3) is 0.588. The van der Waals surface area contributed by atoms with E-state index in [1.807, 2.05) is 18.2 Å². The van der Waals surface area contributed by atoms with Crippen LogP contribution >= 0.6 is 0 Å². The first-order chi connectivity index (χ1) is 11.3. The summed E-state index contributed by atoms with van der Waals surface area (Å²) in [5, 5.41) is 6.33. The molecule has 0 spiro atoms. The van der Waals surface area contributed by atoms with E-state index in [0.717, 1.165) is 43.9 Å². The van der Waals surface area contributed by atoms with Crippen LogP contribution in [-0.4, -0.2) is 57.9 Å². The van der Waals surface area contributed by atoms with E-state index in [9.17, 15) is 4.79 Å². The highest BCUT2D eigenvalue weighted by Gasteiger charge is 2.27. The number of anilines is 1. The van der Waals surface area contributed by atoms with Crippen molar-refractivity contribution in [2.24, 2.45) is 0 Å². The summed E-state index contributed by atoms with van der Waals surface area (Å²) in [5.74, 6) is 0.852. The number of amides is 1. The summed E-state index contributed by atoms with van der Waals surface area (Å²) in [7, 11) is 1.68. The number of rotatable bonds is 4. The van der Waals surface area contributed by atoms with E-state index in [0.29, 0.717) is 13.2 Å². The summed E-state index contributed by atoms with van der Waals surface area (Å²) in [6.45, 7) is 3.83. The van der Waals surface area contributed by atoms with E-state index < -0.39 is 0 Å². The van der Waals surface area contributed by atoms with Crippen LogP contribution in [0.5, 0.6) is 5.75 Å². The van der Waals surface area contributed by atoms with Crippen LogP contribution in [-0.2, 0) is 9.53 Å². The largest absolute Gasteiger partial charge is 0.497 e. The molecule has 6 nitrogen and oxygen atoms in total. The average Bonchev–Trinajstić information content (AvgIpc) is 2.63. The van der Waals surface area contributed by atoms with Crippen molar-refractivity contribution in [1.29, 1.82) is 0 Å². The van der Waals surface area contributed by atoms with E-state index in [-0.39, 0.29) is 18.1 Å². The summed E-state index contributed by atoms with van der Waals surface area (Å²) in [5.41, 5.74) is 1.14. The predicted octanol–water partition coefficient (Wildman–Crippen LogP) is 0.769. The second-order valence-electron chi connectivity index (χ2n) is 6.06. The molecule has 2 fully saturated rings. The molecule has 1 aromatic carbocycles. The molecule has 0 radical (unpaired) electrons. The molecule has 0 bridgehead atoms. The number of nitrogens with one attached hydrogen (secondary N) is 2. The molecule has 0 aliphatic carbocycles. The molecule has 6 heteroatoms. The van der Waals surface area contributed by atoms with Crippen LogP contribution < -0.4 is 20.3 Å². The Morgan fingerprint density at radius 2 is 2.39 bits per heavy atom. The molecule has 23 heavy (non-hydrogen) atoms. The van der Waals surface area contributed by atoms with Gasteiger partial charge in [0.05, 0.1) is 13.7 Å². The molecule has 2 atom stereocenters. The molecular formula is C17H25N3O3. The highest BCUT2D eigenvalue weighted by molar-refractivity contribution is 5.81. The number of ether oxygens (including phenoxy) is 2. The number of morpholine rings is 1. The first-order valence-electron chi connectivity index (χ1n) is 8.28. The van der Waals surface area contributed by atoms with Crippen molar-refractivity contribution < 1.29 is 14.3 Å². The second-order valence-corrected chi connectivity index (χ2v) is 6.06. The third-order valence-electron chi connectivity index (χ3n) is 4.41. The standard InChI is InChI=1S/C17H25N3O3/c1-22-15-6-2-5-14(10-15)20-8-3-4-13(12-20)19-17(21)16-11-18-7-9-23-16/h2,5-6,10,13,16,18H,3-4,7-9,11-12H2,1H3,(H,19,21). The van der Waals surface area contributed by atoms with E-state index in [2.05, 4.69) is 21.6 Å². The molecule has 1 aromatic rings. The Morgan fingerprint density at radius 1 is 1.48 bits per heavy atom. The number of nitrogens with zero attached hydrogens (tertiary/aromatic N) is 1. The number of hydrogen-bond acceptors (Lipinski definition) is 5. The van der Waals surface area contributed by atoms with Gasteiger partial charge in [0.2, 0.25) is 0 Å². The van der Waals surface area contributed by atoms with Crippen LogP contribution in [0, 0.1) is 0 Å². The van der Waals surface area contributed by atoms with Crippen molar-refractivity contribution in [2.75, 3.05) is 44.8 Å². The molecule has 2 aliphatic rings. The van der Waals surface area contributed by atoms with E-state index in [1.54, 1.807) is 7.11 Å². The third kappa shape index (κ3) is 4.14. The molecule has 2 N–H and O–H groups in total. The van der Waals surface area contributed by atoms with Gasteiger partial charge in [0, 0.05) is 44.0 Å². The SMILES string of the molecule is COc1cccc(N2CCCC(NC(=O)C3CNCCO3)C2)c1. The van der Waals surface area contributed by atoms with Crippen molar-refractivity contribution in [3.05, 3.63) is 24.3 Å². The van der Waals surface area contributed by atoms with Crippen LogP contribution in [0.4, 0.5) is 5.69 Å². The number of carbonyl (C=O) groups excluding carboxylic acids is 1. The minimum absolute atomic E-state index is 0.00491. The Kier molecular flexibility index (Phi) is 5.35. The Hall–Kier alpha value is -1.79. The van der Waals surface area contributed by atoms with Gasteiger partial charge in [0.15, 0.2) is 0 Å². The van der Waals surface area contributed by atoms with Crippen LogP contribution in [0.3, 0.4) is 0 Å². The summed E-state index contributed by atoms with van der Waals surface area (Å²) < 4.78 is 10.8. The molecular weight excluding hydrogens is 294 g/mol. The molecule has 2 heterocycles. The van der Waals surface area contributed by atoms with Gasteiger partial charge in [-0.15, -0.1) is 0 Å². The van der Waals surface area contributed by atoms with Gasteiger partial charge >= 0.3 is 0 Å². The molecule has 2 unspecified atom stereocenters. The van der Waals surface area contributed by atoms with Crippen molar-refractivity contribution in [3.8, 4) is 5.75 Å². The zero-order valence-corrected chi connectivity index (χ0v) is 13.6. The highest BCUT2D eigenvalue weighted by atomic mass is 16.5. The zero-order chi connectivity index (χ0) is 16.1. The van der Waals surface area contributed by atoms with Crippen molar-refractivity contribution in [3.63, 3.8) is 0 Å². The number of piperidine rings is 1. The second kappa shape index (κ2) is 7.66. The van der Waals surface area contributed by atoms with E-state index in [1.165, 1.54) is 0 Å². The maximum absolute atomic E-state index is 12.3. The topological polar surface area (TPSA) is 62.8 Å². The maximum atomic E-state index is 12.3. The number of hydrogen-bond donors (Lipinski definition) is 2. The van der Waals surface area contributed by atoms with Crippen molar-refractivity contribution in [2.45, 2.75) is 25.0 Å². The first-order valence-corrected chi connectivity index (χ1v) is 8.28. The smallest absolute Gasteiger partial charge is 0.250 e. The minimum Gasteiger partial charge on any atom is -0.497 e. The first kappa shape index (κ1) is 16.1. The number of carbonyl (C=O) groups is 1. The molecule has 126 valence electrons. The van der Waals surface area contributed by atoms with Gasteiger partial charge in [-0.3, -0.25) is 4.79 Å². The average molecular weight is 319 g/mol. The highest BCUT2D eigenvalue weighted by Crippen LogP contribution is 2.24. The lowest BCUT2D eigenvalue weighted by molar-refractivity contribution is -0.135. The molecule has 1 amide bonds. The van der Waals surface area contributed by atoms with Crippen molar-refractivity contribution in [1.82, 2.24) is 10.6 Å². The third-order valence-corrected chi connectivity index (χ3v) is 4.41. The van der Waals surface area contributed by atoms with E-state index in [4.69, 9.17) is 9.47 Å². The fourth-order valence-corrected chi connectivity index (χ4v) is 3.16. The quantitative estimate of drug-likeness (QED) is 0.858. The van der Waals surface area contributed by atoms with E-state index >= 15 is 0 Å². The Morgan fingerprint density at radius 3 is 3.17 bits per heavy atom. The maximum Gasteiger partial charge on any atom is 0.250 e. The van der Waals surface area contributed by atoms with Crippen LogP contribution in [0.1, 0.15) is 12.8 Å². The summed E-state index contributed by atoms with van der Waals surface area (Å²) in [4.78, 5) is 14.6. The van der Waals surface area contributed by atoms with Gasteiger partial charge in [0.25, 0.3) is 5.91 Å². The molecule has 3 rings (SSSR count). The summed E-state index contributed by atoms with van der Waals surface area (Å²) >= 11 is 0. The minimum atomic E-state index is -0.365. The van der Waals surface area contributed by atoms with Crippen LogP contribution in [0.15, 0.2) is 24.3 Å². The molecule has 0 aromatic heterocycles. The van der Waals surface area contributed by atoms with Crippen molar-refractivity contribution >= 4 is 11.6 Å². The lowest BCUT2D eigenvalue weighted by Crippen LogP contribution is -2.54. The van der Waals surface area contributed by atoms with Gasteiger partial charge in [-0.2, -0.15) is 0 Å². The normalized spacial score (nSPS) is 25.0. The van der Waals surface area contributed by atoms with Crippen LogP contribution in [0.2, 0.25) is 0 Å². The summed E-state index contributed by atoms with van der Waals surface area (Å²) in [6, 6.07) is 8.23. The Labute approximate surface area is 137 Å². The lowest BCUT2D eigenvalue weighted by Gasteiger charge is -2.35. The molecule has 0 saturated carbocycles. The number of benzene rings is 1. The number of methoxy groups -OCH3 is 1. The molecule has 2 saturated heterocycles. The Bertz CT molecular complexity index is 532. The zero-order valence-electron chi connectivity index (χ0n) is 13.6. The van der Waals surface area contributed by atoms with Gasteiger partial charge in [-0.05, 0) is 25.0 Å². The van der Waals surface area contributed by atoms with Gasteiger partial charge in [-0.25, -0.2) is 0 Å². The molecule has 2 aliphatic heterocycles. The van der Waals surface area contributed by atoms with Gasteiger partial charge in [-0.1, -0.05) is 6.07 Å². The van der Waals surface area contributed by atoms with Crippen LogP contribution in [0.25, 0.3) is 0 Å². The van der Waals surface area contributed by atoms with Gasteiger partial charge < -0.3 is 25.0 Å². The monoisotopic (exact) mass is 319 g/mol. The predicted molar refractivity (Wildman–Crippen MR) is 89.0 cm³/mol. The fourth-order valence-electron chi connectivity index (χ4n) is 3.16. The Balaban J connectivity index is 1.58. The lowest BCUT2D eigenvalue weighted by atomic mass is 10.0.